The monoisotopic (exact) mass is 323 g/mol. The number of rotatable bonds is 4. The number of alkyl halides is 6. The molecular weight excluding hydrogens is 313 g/mol. The molecular formula is C10H11ClF5NO3. The van der Waals surface area contributed by atoms with Crippen LogP contribution in [0.25, 0.3) is 0 Å². The van der Waals surface area contributed by atoms with Crippen molar-refractivity contribution in [1.29, 1.82) is 0 Å². The largest absolute Gasteiger partial charge is 0.463 e. The molecule has 1 rings (SSSR count). The highest BCUT2D eigenvalue weighted by molar-refractivity contribution is 6.28. The highest BCUT2D eigenvalue weighted by atomic mass is 35.5. The first-order valence-electron chi connectivity index (χ1n) is 5.39. The first kappa shape index (κ1) is 17.1. The molecule has 1 fully saturated rings. The fourth-order valence-electron chi connectivity index (χ4n) is 1.68. The van der Waals surface area contributed by atoms with E-state index in [1.807, 2.05) is 0 Å². The number of carbonyl (C=O) groups excluding carboxylic acids is 2. The summed E-state index contributed by atoms with van der Waals surface area (Å²) in [6, 6.07) is -1.30. The standard InChI is InChI=1S/C10H11ClF5NO3/c1-8(6(18)2-11)4-20-3-5(8)17-7(19)9(12,13)10(14,15)16/h5H,2-4H2,1H3,(H,17,19). The van der Waals surface area contributed by atoms with Crippen molar-refractivity contribution >= 4 is 23.3 Å². The maximum Gasteiger partial charge on any atom is 0.463 e. The van der Waals surface area contributed by atoms with Gasteiger partial charge in [-0.15, -0.1) is 11.6 Å². The number of ether oxygens (including phenoxy) is 1. The molecule has 20 heavy (non-hydrogen) atoms. The fraction of sp³-hybridized carbons (Fsp3) is 0.800. The van der Waals surface area contributed by atoms with E-state index in [0.29, 0.717) is 0 Å². The van der Waals surface area contributed by atoms with E-state index in [-0.39, 0.29) is 13.2 Å². The van der Waals surface area contributed by atoms with E-state index in [2.05, 4.69) is 0 Å². The van der Waals surface area contributed by atoms with Gasteiger partial charge in [0.2, 0.25) is 0 Å². The number of halogens is 6. The van der Waals surface area contributed by atoms with Crippen LogP contribution in [0.3, 0.4) is 0 Å². The van der Waals surface area contributed by atoms with Crippen LogP contribution in [0, 0.1) is 5.41 Å². The van der Waals surface area contributed by atoms with E-state index < -0.39 is 41.1 Å². The molecule has 0 radical (unpaired) electrons. The van der Waals surface area contributed by atoms with Gasteiger partial charge < -0.3 is 10.1 Å². The molecule has 4 nitrogen and oxygen atoms in total. The van der Waals surface area contributed by atoms with Crippen molar-refractivity contribution < 1.29 is 36.3 Å². The summed E-state index contributed by atoms with van der Waals surface area (Å²) in [5, 5.41) is 1.52. The average Bonchev–Trinajstić information content (AvgIpc) is 2.69. The Labute approximate surface area is 115 Å². The lowest BCUT2D eigenvalue weighted by Crippen LogP contribution is -2.57. The Bertz CT molecular complexity index is 414. The predicted octanol–water partition coefficient (Wildman–Crippen LogP) is 1.51. The van der Waals surface area contributed by atoms with Gasteiger partial charge in [-0.05, 0) is 6.92 Å². The average molecular weight is 324 g/mol. The van der Waals surface area contributed by atoms with Gasteiger partial charge in [0, 0.05) is 0 Å². The van der Waals surface area contributed by atoms with Crippen molar-refractivity contribution in [2.75, 3.05) is 19.1 Å². The molecule has 0 aromatic heterocycles. The summed E-state index contributed by atoms with van der Waals surface area (Å²) in [5.41, 5.74) is -1.43. The van der Waals surface area contributed by atoms with Crippen LogP contribution in [-0.2, 0) is 14.3 Å². The van der Waals surface area contributed by atoms with Gasteiger partial charge in [0.15, 0.2) is 5.78 Å². The Morgan fingerprint density at radius 2 is 1.90 bits per heavy atom. The first-order chi connectivity index (χ1) is 8.96. The van der Waals surface area contributed by atoms with Gasteiger partial charge >= 0.3 is 18.0 Å². The minimum Gasteiger partial charge on any atom is -0.378 e. The normalized spacial score (nSPS) is 27.4. The second-order valence-corrected chi connectivity index (χ2v) is 4.85. The number of nitrogens with one attached hydrogen (secondary N) is 1. The van der Waals surface area contributed by atoms with Crippen LogP contribution < -0.4 is 5.32 Å². The number of hydrogen-bond donors (Lipinski definition) is 1. The van der Waals surface area contributed by atoms with Gasteiger partial charge in [-0.25, -0.2) is 0 Å². The summed E-state index contributed by atoms with van der Waals surface area (Å²) in [6.07, 6.45) is -6.01. The van der Waals surface area contributed by atoms with E-state index in [4.69, 9.17) is 16.3 Å². The second kappa shape index (κ2) is 5.44. The van der Waals surface area contributed by atoms with Gasteiger partial charge in [-0.1, -0.05) is 0 Å². The van der Waals surface area contributed by atoms with Gasteiger partial charge in [0.05, 0.1) is 30.6 Å². The molecule has 2 atom stereocenters. The molecule has 1 heterocycles. The summed E-state index contributed by atoms with van der Waals surface area (Å²) in [4.78, 5) is 22.7. The minimum atomic E-state index is -6.01. The van der Waals surface area contributed by atoms with Gasteiger partial charge in [-0.3, -0.25) is 9.59 Å². The zero-order valence-corrected chi connectivity index (χ0v) is 10.9. The summed E-state index contributed by atoms with van der Waals surface area (Å²) < 4.78 is 66.7. The zero-order chi connectivity index (χ0) is 15.8. The maximum absolute atomic E-state index is 12.8. The Hall–Kier alpha value is -0.960. The summed E-state index contributed by atoms with van der Waals surface area (Å²) >= 11 is 5.34. The lowest BCUT2D eigenvalue weighted by Gasteiger charge is -2.29. The molecule has 0 bridgehead atoms. The molecule has 0 aromatic carbocycles. The molecule has 1 saturated heterocycles. The Kier molecular flexibility index (Phi) is 4.65. The second-order valence-electron chi connectivity index (χ2n) is 4.59. The third-order valence-electron chi connectivity index (χ3n) is 3.16. The van der Waals surface area contributed by atoms with Gasteiger partial charge in [-0.2, -0.15) is 22.0 Å². The van der Waals surface area contributed by atoms with Crippen molar-refractivity contribution in [3.63, 3.8) is 0 Å². The topological polar surface area (TPSA) is 55.4 Å². The van der Waals surface area contributed by atoms with Crippen LogP contribution in [0.4, 0.5) is 22.0 Å². The van der Waals surface area contributed by atoms with Crippen molar-refractivity contribution in [3.05, 3.63) is 0 Å². The summed E-state index contributed by atoms with van der Waals surface area (Å²) in [5.74, 6) is -9.14. The molecule has 1 aliphatic heterocycles. The van der Waals surface area contributed by atoms with Crippen LogP contribution in [0.2, 0.25) is 0 Å². The van der Waals surface area contributed by atoms with E-state index in [0.717, 1.165) is 0 Å². The number of ketones is 1. The van der Waals surface area contributed by atoms with Crippen molar-refractivity contribution in [2.45, 2.75) is 25.1 Å². The smallest absolute Gasteiger partial charge is 0.378 e. The number of hydrogen-bond acceptors (Lipinski definition) is 3. The minimum absolute atomic E-state index is 0.221. The number of Topliss-reactive ketones (excluding diaryl/α,β-unsaturated/α-hetero) is 1. The van der Waals surface area contributed by atoms with Crippen LogP contribution in [0.5, 0.6) is 0 Å². The SMILES string of the molecule is CC1(C(=O)CCl)COCC1NC(=O)C(F)(F)C(F)(F)F. The lowest BCUT2D eigenvalue weighted by atomic mass is 9.81. The van der Waals surface area contributed by atoms with E-state index >= 15 is 0 Å². The Morgan fingerprint density at radius 1 is 1.35 bits per heavy atom. The Morgan fingerprint density at radius 3 is 2.35 bits per heavy atom. The fourth-order valence-corrected chi connectivity index (χ4v) is 1.98. The molecule has 1 N–H and O–H groups in total. The quantitative estimate of drug-likeness (QED) is 0.630. The van der Waals surface area contributed by atoms with Crippen molar-refractivity contribution in [2.24, 2.45) is 5.41 Å². The van der Waals surface area contributed by atoms with Crippen LogP contribution in [0.1, 0.15) is 6.92 Å². The van der Waals surface area contributed by atoms with Crippen LogP contribution in [0.15, 0.2) is 0 Å². The molecule has 0 aromatic rings. The molecule has 1 aliphatic rings. The lowest BCUT2D eigenvalue weighted by molar-refractivity contribution is -0.270. The van der Waals surface area contributed by atoms with Crippen molar-refractivity contribution in [1.82, 2.24) is 5.32 Å². The summed E-state index contributed by atoms with van der Waals surface area (Å²) in [6.45, 7) is 0.710. The van der Waals surface area contributed by atoms with Crippen LogP contribution >= 0.6 is 11.6 Å². The highest BCUT2D eigenvalue weighted by Crippen LogP contribution is 2.37. The van der Waals surface area contributed by atoms with Crippen LogP contribution in [-0.4, -0.2) is 48.9 Å². The molecule has 10 heteroatoms. The van der Waals surface area contributed by atoms with E-state index in [9.17, 15) is 31.5 Å². The van der Waals surface area contributed by atoms with E-state index in [1.54, 1.807) is 0 Å². The molecule has 2 unspecified atom stereocenters. The van der Waals surface area contributed by atoms with Crippen molar-refractivity contribution in [3.8, 4) is 0 Å². The van der Waals surface area contributed by atoms with Gasteiger partial charge in [0.1, 0.15) is 0 Å². The third-order valence-corrected chi connectivity index (χ3v) is 3.40. The molecule has 1 amide bonds. The third kappa shape index (κ3) is 2.88. The maximum atomic E-state index is 12.8. The van der Waals surface area contributed by atoms with E-state index in [1.165, 1.54) is 12.2 Å². The highest BCUT2D eigenvalue weighted by Gasteiger charge is 2.64. The van der Waals surface area contributed by atoms with Gasteiger partial charge in [0.25, 0.3) is 0 Å². The molecule has 116 valence electrons. The molecule has 0 saturated carbocycles. The zero-order valence-electron chi connectivity index (χ0n) is 10.2. The number of amides is 1. The summed E-state index contributed by atoms with van der Waals surface area (Å²) in [7, 11) is 0. The molecule has 0 spiro atoms. The Balaban J connectivity index is 2.88. The predicted molar refractivity (Wildman–Crippen MR) is 57.6 cm³/mol. The molecule has 0 aliphatic carbocycles. The first-order valence-corrected chi connectivity index (χ1v) is 5.92. The number of carbonyl (C=O) groups is 2.